The first-order valence-corrected chi connectivity index (χ1v) is 8.19. The molecule has 1 aromatic carbocycles. The van der Waals surface area contributed by atoms with Gasteiger partial charge in [0.1, 0.15) is 6.04 Å². The number of carbonyl (C=O) groups is 2. The second-order valence-electron chi connectivity index (χ2n) is 6.16. The van der Waals surface area contributed by atoms with Crippen LogP contribution in [0.4, 0.5) is 0 Å². The molecule has 1 atom stereocenters. The second kappa shape index (κ2) is 7.43. The van der Waals surface area contributed by atoms with E-state index >= 15 is 0 Å². The number of carboxylic acids is 1. The Bertz CT molecular complexity index is 506. The summed E-state index contributed by atoms with van der Waals surface area (Å²) < 4.78 is 0. The Balaban J connectivity index is 2.25. The molecule has 4 nitrogen and oxygen atoms in total. The van der Waals surface area contributed by atoms with Crippen molar-refractivity contribution < 1.29 is 14.7 Å². The van der Waals surface area contributed by atoms with Crippen LogP contribution in [0.1, 0.15) is 57.4 Å². The minimum absolute atomic E-state index is 0.126. The highest BCUT2D eigenvalue weighted by molar-refractivity contribution is 5.91. The van der Waals surface area contributed by atoms with Gasteiger partial charge < -0.3 is 10.4 Å². The minimum atomic E-state index is -0.950. The maximum atomic E-state index is 12.9. The molecule has 2 rings (SSSR count). The van der Waals surface area contributed by atoms with Crippen LogP contribution in [0.3, 0.4) is 0 Å². The fourth-order valence-corrected chi connectivity index (χ4v) is 3.40. The summed E-state index contributed by atoms with van der Waals surface area (Å²) in [7, 11) is 0. The highest BCUT2D eigenvalue weighted by Crippen LogP contribution is 2.39. The highest BCUT2D eigenvalue weighted by atomic mass is 16.4. The molecule has 1 fully saturated rings. The topological polar surface area (TPSA) is 66.4 Å². The first-order valence-electron chi connectivity index (χ1n) is 8.19. The molecule has 0 saturated heterocycles. The third-order valence-corrected chi connectivity index (χ3v) is 4.65. The average Bonchev–Trinajstić information content (AvgIpc) is 2.55. The van der Waals surface area contributed by atoms with E-state index in [9.17, 15) is 14.7 Å². The summed E-state index contributed by atoms with van der Waals surface area (Å²) in [6.45, 7) is 1.93. The SMILES string of the molecule is CCCC(NC(=O)C1(c2ccccc2)CCCCC1)C(=O)O. The Morgan fingerprint density at radius 3 is 2.36 bits per heavy atom. The zero-order chi connectivity index (χ0) is 16.0. The Morgan fingerprint density at radius 1 is 1.18 bits per heavy atom. The molecule has 0 aliphatic heterocycles. The van der Waals surface area contributed by atoms with Crippen molar-refractivity contribution in [3.8, 4) is 0 Å². The van der Waals surface area contributed by atoms with Crippen molar-refractivity contribution >= 4 is 11.9 Å². The van der Waals surface area contributed by atoms with Crippen LogP contribution in [0, 0.1) is 0 Å². The van der Waals surface area contributed by atoms with Crippen LogP contribution in [-0.4, -0.2) is 23.0 Å². The number of carboxylic acid groups (broad SMARTS) is 1. The summed E-state index contributed by atoms with van der Waals surface area (Å²) in [4.78, 5) is 24.3. The van der Waals surface area contributed by atoms with Gasteiger partial charge in [0.25, 0.3) is 0 Å². The van der Waals surface area contributed by atoms with Crippen molar-refractivity contribution in [1.82, 2.24) is 5.32 Å². The van der Waals surface area contributed by atoms with Crippen LogP contribution in [0.25, 0.3) is 0 Å². The van der Waals surface area contributed by atoms with Gasteiger partial charge in [-0.3, -0.25) is 4.79 Å². The van der Waals surface area contributed by atoms with Gasteiger partial charge in [-0.1, -0.05) is 62.9 Å². The Morgan fingerprint density at radius 2 is 1.82 bits per heavy atom. The molecule has 1 unspecified atom stereocenters. The van der Waals surface area contributed by atoms with E-state index in [0.717, 1.165) is 44.1 Å². The Hall–Kier alpha value is -1.84. The quantitative estimate of drug-likeness (QED) is 0.847. The summed E-state index contributed by atoms with van der Waals surface area (Å²) in [6, 6.07) is 9.01. The largest absolute Gasteiger partial charge is 0.480 e. The lowest BCUT2D eigenvalue weighted by molar-refractivity contribution is -0.143. The third-order valence-electron chi connectivity index (χ3n) is 4.65. The Kier molecular flexibility index (Phi) is 5.58. The number of carbonyl (C=O) groups excluding carboxylic acids is 1. The van der Waals surface area contributed by atoms with Crippen LogP contribution in [0.2, 0.25) is 0 Å². The van der Waals surface area contributed by atoms with Gasteiger partial charge in [0.15, 0.2) is 0 Å². The summed E-state index contributed by atoms with van der Waals surface area (Å²) >= 11 is 0. The van der Waals surface area contributed by atoms with Crippen LogP contribution in [0.5, 0.6) is 0 Å². The van der Waals surface area contributed by atoms with E-state index in [-0.39, 0.29) is 5.91 Å². The van der Waals surface area contributed by atoms with Crippen LogP contribution in [0.15, 0.2) is 30.3 Å². The molecule has 0 heterocycles. The van der Waals surface area contributed by atoms with Gasteiger partial charge in [0, 0.05) is 0 Å². The van der Waals surface area contributed by atoms with Crippen LogP contribution >= 0.6 is 0 Å². The minimum Gasteiger partial charge on any atom is -0.480 e. The lowest BCUT2D eigenvalue weighted by Gasteiger charge is -2.37. The van der Waals surface area contributed by atoms with E-state index in [0.29, 0.717) is 6.42 Å². The van der Waals surface area contributed by atoms with Gasteiger partial charge >= 0.3 is 5.97 Å². The summed E-state index contributed by atoms with van der Waals surface area (Å²) in [5.41, 5.74) is 0.439. The fourth-order valence-electron chi connectivity index (χ4n) is 3.40. The molecular weight excluding hydrogens is 278 g/mol. The standard InChI is InChI=1S/C18H25NO3/c1-2-9-15(16(20)21)19-17(22)18(12-7-4-8-13-18)14-10-5-3-6-11-14/h3,5-6,10-11,15H,2,4,7-9,12-13H2,1H3,(H,19,22)(H,20,21). The van der Waals surface area contributed by atoms with Crippen molar-refractivity contribution in [2.45, 2.75) is 63.3 Å². The van der Waals surface area contributed by atoms with Crippen molar-refractivity contribution in [1.29, 1.82) is 0 Å². The maximum Gasteiger partial charge on any atom is 0.326 e. The predicted octanol–water partition coefficient (Wildman–Crippen LogP) is 3.26. The molecule has 1 amide bonds. The number of amides is 1. The molecule has 0 bridgehead atoms. The number of hydrogen-bond donors (Lipinski definition) is 2. The number of aliphatic carboxylic acids is 1. The van der Waals surface area contributed by atoms with E-state index in [1.54, 1.807) is 0 Å². The van der Waals surface area contributed by atoms with Crippen molar-refractivity contribution in [2.24, 2.45) is 0 Å². The van der Waals surface area contributed by atoms with Gasteiger partial charge in [0.2, 0.25) is 5.91 Å². The second-order valence-corrected chi connectivity index (χ2v) is 6.16. The first kappa shape index (κ1) is 16.5. The molecule has 0 spiro atoms. The van der Waals surface area contributed by atoms with Gasteiger partial charge in [-0.2, -0.15) is 0 Å². The molecule has 22 heavy (non-hydrogen) atoms. The van der Waals surface area contributed by atoms with Gasteiger partial charge in [0.05, 0.1) is 5.41 Å². The first-order chi connectivity index (χ1) is 10.6. The molecule has 1 aromatic rings. The summed E-state index contributed by atoms with van der Waals surface area (Å²) in [6.07, 6.45) is 5.94. The fraction of sp³-hybridized carbons (Fsp3) is 0.556. The van der Waals surface area contributed by atoms with Gasteiger partial charge in [-0.25, -0.2) is 4.79 Å². The van der Waals surface area contributed by atoms with Crippen molar-refractivity contribution in [2.75, 3.05) is 0 Å². The zero-order valence-electron chi connectivity index (χ0n) is 13.2. The number of rotatable bonds is 6. The summed E-state index contributed by atoms with van der Waals surface area (Å²) in [5.74, 6) is -1.08. The normalized spacial score (nSPS) is 18.4. The van der Waals surface area contributed by atoms with E-state index in [1.165, 1.54) is 0 Å². The van der Waals surface area contributed by atoms with E-state index < -0.39 is 17.4 Å². The number of benzene rings is 1. The maximum absolute atomic E-state index is 12.9. The van der Waals surface area contributed by atoms with E-state index in [1.807, 2.05) is 37.3 Å². The Labute approximate surface area is 131 Å². The van der Waals surface area contributed by atoms with Gasteiger partial charge in [-0.05, 0) is 24.8 Å². The third kappa shape index (κ3) is 3.49. The van der Waals surface area contributed by atoms with Gasteiger partial charge in [-0.15, -0.1) is 0 Å². The molecule has 2 N–H and O–H groups in total. The zero-order valence-corrected chi connectivity index (χ0v) is 13.2. The van der Waals surface area contributed by atoms with Crippen LogP contribution in [-0.2, 0) is 15.0 Å². The molecule has 0 aromatic heterocycles. The average molecular weight is 303 g/mol. The molecule has 1 saturated carbocycles. The smallest absolute Gasteiger partial charge is 0.326 e. The monoisotopic (exact) mass is 303 g/mol. The lowest BCUT2D eigenvalue weighted by atomic mass is 9.68. The highest BCUT2D eigenvalue weighted by Gasteiger charge is 2.42. The van der Waals surface area contributed by atoms with Crippen LogP contribution < -0.4 is 5.32 Å². The molecule has 4 heteroatoms. The van der Waals surface area contributed by atoms with E-state index in [4.69, 9.17) is 0 Å². The lowest BCUT2D eigenvalue weighted by Crippen LogP contribution is -2.51. The van der Waals surface area contributed by atoms with E-state index in [2.05, 4.69) is 5.32 Å². The number of hydrogen-bond acceptors (Lipinski definition) is 2. The molecule has 1 aliphatic carbocycles. The molecule has 120 valence electrons. The molecular formula is C18H25NO3. The molecule has 1 aliphatic rings. The summed E-state index contributed by atoms with van der Waals surface area (Å²) in [5, 5.41) is 12.1. The predicted molar refractivity (Wildman–Crippen MR) is 85.7 cm³/mol. The van der Waals surface area contributed by atoms with Crippen molar-refractivity contribution in [3.05, 3.63) is 35.9 Å². The molecule has 0 radical (unpaired) electrons. The van der Waals surface area contributed by atoms with Crippen molar-refractivity contribution in [3.63, 3.8) is 0 Å². The number of nitrogens with one attached hydrogen (secondary N) is 1.